The molecule has 0 spiro atoms. The molecule has 0 atom stereocenters. The highest BCUT2D eigenvalue weighted by Gasteiger charge is 2.14. The van der Waals surface area contributed by atoms with Crippen LogP contribution in [0.25, 0.3) is 0 Å². The molecule has 0 amide bonds. The van der Waals surface area contributed by atoms with Crippen LogP contribution in [0.4, 0.5) is 0 Å². The van der Waals surface area contributed by atoms with Crippen LogP contribution < -0.4 is 9.88 Å². The summed E-state index contributed by atoms with van der Waals surface area (Å²) >= 11 is 0. The van der Waals surface area contributed by atoms with Gasteiger partial charge < -0.3 is 4.74 Å². The third-order valence-electron chi connectivity index (χ3n) is 3.08. The molecule has 0 heterocycles. The highest BCUT2D eigenvalue weighted by molar-refractivity contribution is 7.89. The molecule has 0 aliphatic heterocycles. The predicted molar refractivity (Wildman–Crippen MR) is 78.4 cm³/mol. The highest BCUT2D eigenvalue weighted by atomic mass is 32.2. The lowest BCUT2D eigenvalue weighted by Crippen LogP contribution is -2.15. The number of hydrogen-bond acceptors (Lipinski definition) is 3. The number of benzene rings is 2. The van der Waals surface area contributed by atoms with E-state index in [1.807, 2.05) is 37.3 Å². The fourth-order valence-corrected chi connectivity index (χ4v) is 2.89. The molecule has 106 valence electrons. The molecule has 0 saturated carbocycles. The largest absolute Gasteiger partial charge is 0.497 e. The Hall–Kier alpha value is -1.85. The molecule has 0 unspecified atom stereocenters. The first-order valence-electron chi connectivity index (χ1n) is 6.15. The summed E-state index contributed by atoms with van der Waals surface area (Å²) < 4.78 is 28.4. The van der Waals surface area contributed by atoms with Crippen LogP contribution in [0.2, 0.25) is 0 Å². The number of methoxy groups -OCH3 is 1. The van der Waals surface area contributed by atoms with E-state index in [1.165, 1.54) is 0 Å². The summed E-state index contributed by atoms with van der Waals surface area (Å²) in [6, 6.07) is 12.8. The van der Waals surface area contributed by atoms with Crippen molar-refractivity contribution in [3.63, 3.8) is 0 Å². The van der Waals surface area contributed by atoms with Crippen molar-refractivity contribution in [1.82, 2.24) is 0 Å². The Bertz CT molecular complexity index is 706. The van der Waals surface area contributed by atoms with Gasteiger partial charge in [-0.1, -0.05) is 24.3 Å². The number of nitrogens with two attached hydrogens (primary N) is 1. The van der Waals surface area contributed by atoms with Crippen molar-refractivity contribution in [3.05, 3.63) is 59.2 Å². The van der Waals surface area contributed by atoms with Crippen LogP contribution in [0.5, 0.6) is 5.75 Å². The summed E-state index contributed by atoms with van der Waals surface area (Å²) in [5.41, 5.74) is 2.57. The second-order valence-electron chi connectivity index (χ2n) is 4.68. The van der Waals surface area contributed by atoms with Gasteiger partial charge in [0.25, 0.3) is 0 Å². The van der Waals surface area contributed by atoms with Gasteiger partial charge in [0.15, 0.2) is 0 Å². The molecule has 0 aliphatic rings. The molecule has 2 aromatic carbocycles. The van der Waals surface area contributed by atoms with Crippen LogP contribution in [-0.4, -0.2) is 15.5 Å². The molecule has 5 heteroatoms. The van der Waals surface area contributed by atoms with Gasteiger partial charge in [-0.05, 0) is 48.2 Å². The standard InChI is InChI=1S/C15H17NO3S/c1-11-3-6-13(15(9-11)20(16,17)18)10-12-4-7-14(19-2)8-5-12/h3-9H,10H2,1-2H3,(H2,16,17,18). The summed E-state index contributed by atoms with van der Waals surface area (Å²) in [4.78, 5) is 0.188. The van der Waals surface area contributed by atoms with Crippen LogP contribution in [0, 0.1) is 6.92 Å². The lowest BCUT2D eigenvalue weighted by atomic mass is 10.0. The van der Waals surface area contributed by atoms with Crippen molar-refractivity contribution in [2.75, 3.05) is 7.11 Å². The average Bonchev–Trinajstić information content (AvgIpc) is 2.40. The predicted octanol–water partition coefficient (Wildman–Crippen LogP) is 2.24. The minimum absolute atomic E-state index is 0.188. The Labute approximate surface area is 119 Å². The molecular weight excluding hydrogens is 274 g/mol. The highest BCUT2D eigenvalue weighted by Crippen LogP contribution is 2.21. The van der Waals surface area contributed by atoms with Crippen LogP contribution >= 0.6 is 0 Å². The second-order valence-corrected chi connectivity index (χ2v) is 6.21. The van der Waals surface area contributed by atoms with E-state index in [0.717, 1.165) is 16.9 Å². The minimum Gasteiger partial charge on any atom is -0.497 e. The smallest absolute Gasteiger partial charge is 0.238 e. The van der Waals surface area contributed by atoms with Gasteiger partial charge in [0.2, 0.25) is 10.0 Å². The minimum atomic E-state index is -3.71. The zero-order valence-electron chi connectivity index (χ0n) is 11.5. The lowest BCUT2D eigenvalue weighted by molar-refractivity contribution is 0.414. The molecule has 0 saturated heterocycles. The van der Waals surface area contributed by atoms with Crippen LogP contribution in [0.15, 0.2) is 47.4 Å². The molecule has 0 radical (unpaired) electrons. The summed E-state index contributed by atoms with van der Waals surface area (Å²) in [7, 11) is -2.11. The van der Waals surface area contributed by atoms with E-state index in [1.54, 1.807) is 19.2 Å². The van der Waals surface area contributed by atoms with Gasteiger partial charge in [-0.3, -0.25) is 0 Å². The number of aryl methyl sites for hydroxylation is 1. The molecule has 2 rings (SSSR count). The second kappa shape index (κ2) is 5.64. The van der Waals surface area contributed by atoms with Crippen molar-refractivity contribution >= 4 is 10.0 Å². The molecule has 2 aromatic rings. The van der Waals surface area contributed by atoms with Gasteiger partial charge in [-0.25, -0.2) is 13.6 Å². The summed E-state index contributed by atoms with van der Waals surface area (Å²) in [6.45, 7) is 1.84. The van der Waals surface area contributed by atoms with E-state index in [-0.39, 0.29) is 4.90 Å². The third kappa shape index (κ3) is 3.37. The van der Waals surface area contributed by atoms with Gasteiger partial charge in [0.1, 0.15) is 5.75 Å². The first-order chi connectivity index (χ1) is 9.40. The number of primary sulfonamides is 1. The third-order valence-corrected chi connectivity index (χ3v) is 4.08. The van der Waals surface area contributed by atoms with Crippen molar-refractivity contribution in [2.24, 2.45) is 5.14 Å². The van der Waals surface area contributed by atoms with Gasteiger partial charge in [-0.15, -0.1) is 0 Å². The van der Waals surface area contributed by atoms with Crippen LogP contribution in [0.3, 0.4) is 0 Å². The molecular formula is C15H17NO3S. The Balaban J connectivity index is 2.38. The van der Waals surface area contributed by atoms with E-state index < -0.39 is 10.0 Å². The molecule has 2 N–H and O–H groups in total. The maximum Gasteiger partial charge on any atom is 0.238 e. The van der Waals surface area contributed by atoms with Crippen molar-refractivity contribution < 1.29 is 13.2 Å². The first kappa shape index (κ1) is 14.6. The number of sulfonamides is 1. The zero-order chi connectivity index (χ0) is 14.8. The Kier molecular flexibility index (Phi) is 4.11. The van der Waals surface area contributed by atoms with E-state index in [4.69, 9.17) is 9.88 Å². The zero-order valence-corrected chi connectivity index (χ0v) is 12.3. The normalized spacial score (nSPS) is 11.3. The summed E-state index contributed by atoms with van der Waals surface area (Å²) in [6.07, 6.45) is 0.510. The molecule has 20 heavy (non-hydrogen) atoms. The Morgan fingerprint density at radius 1 is 1.10 bits per heavy atom. The van der Waals surface area contributed by atoms with E-state index in [2.05, 4.69) is 0 Å². The summed E-state index contributed by atoms with van der Waals surface area (Å²) in [5.74, 6) is 0.768. The van der Waals surface area contributed by atoms with Gasteiger partial charge >= 0.3 is 0 Å². The molecule has 0 aromatic heterocycles. The molecule has 0 bridgehead atoms. The van der Waals surface area contributed by atoms with Gasteiger partial charge in [0.05, 0.1) is 12.0 Å². The SMILES string of the molecule is COc1ccc(Cc2ccc(C)cc2S(N)(=O)=O)cc1. The number of hydrogen-bond donors (Lipinski definition) is 1. The van der Waals surface area contributed by atoms with Crippen LogP contribution in [0.1, 0.15) is 16.7 Å². The maximum absolute atomic E-state index is 11.7. The first-order valence-corrected chi connectivity index (χ1v) is 7.70. The van der Waals surface area contributed by atoms with Crippen molar-refractivity contribution in [1.29, 1.82) is 0 Å². The molecule has 0 fully saturated rings. The Morgan fingerprint density at radius 3 is 2.30 bits per heavy atom. The number of rotatable bonds is 4. The topological polar surface area (TPSA) is 69.4 Å². The molecule has 0 aliphatic carbocycles. The number of ether oxygens (including phenoxy) is 1. The monoisotopic (exact) mass is 291 g/mol. The van der Waals surface area contributed by atoms with E-state index in [0.29, 0.717) is 12.0 Å². The van der Waals surface area contributed by atoms with Gasteiger partial charge in [0, 0.05) is 0 Å². The van der Waals surface area contributed by atoms with Crippen LogP contribution in [-0.2, 0) is 16.4 Å². The van der Waals surface area contributed by atoms with Gasteiger partial charge in [-0.2, -0.15) is 0 Å². The van der Waals surface area contributed by atoms with Crippen molar-refractivity contribution in [3.8, 4) is 5.75 Å². The van der Waals surface area contributed by atoms with Crippen molar-refractivity contribution in [2.45, 2.75) is 18.2 Å². The summed E-state index contributed by atoms with van der Waals surface area (Å²) in [5, 5.41) is 5.28. The Morgan fingerprint density at radius 2 is 1.75 bits per heavy atom. The molecule has 4 nitrogen and oxygen atoms in total. The average molecular weight is 291 g/mol. The quantitative estimate of drug-likeness (QED) is 0.939. The van der Waals surface area contributed by atoms with E-state index >= 15 is 0 Å². The lowest BCUT2D eigenvalue weighted by Gasteiger charge is -2.09. The van der Waals surface area contributed by atoms with E-state index in [9.17, 15) is 8.42 Å². The maximum atomic E-state index is 11.7. The fraction of sp³-hybridized carbons (Fsp3) is 0.200. The fourth-order valence-electron chi connectivity index (χ4n) is 2.04.